The summed E-state index contributed by atoms with van der Waals surface area (Å²) < 4.78 is 0. The largest absolute Gasteiger partial charge is 0.481 e. The van der Waals surface area contributed by atoms with E-state index in [1.165, 1.54) is 0 Å². The molecule has 6 heteroatoms. The topological polar surface area (TPSA) is 91.3 Å². The number of urea groups is 1. The molecule has 0 bridgehead atoms. The summed E-state index contributed by atoms with van der Waals surface area (Å²) in [6, 6.07) is 5.23. The third kappa shape index (κ3) is 6.40. The maximum absolute atomic E-state index is 11.6. The van der Waals surface area contributed by atoms with Crippen molar-refractivity contribution in [3.05, 3.63) is 30.1 Å². The van der Waals surface area contributed by atoms with Crippen molar-refractivity contribution in [2.75, 3.05) is 6.54 Å². The van der Waals surface area contributed by atoms with Crippen LogP contribution in [0.4, 0.5) is 4.79 Å². The number of carboxylic acid groups (broad SMARTS) is 1. The summed E-state index contributed by atoms with van der Waals surface area (Å²) in [5.41, 5.74) is 0.119. The molecule has 1 rings (SSSR count). The summed E-state index contributed by atoms with van der Waals surface area (Å²) >= 11 is 0. The predicted octanol–water partition coefficient (Wildman–Crippen LogP) is 1.18. The second kappa shape index (κ2) is 6.72. The highest BCUT2D eigenvalue weighted by atomic mass is 16.4. The van der Waals surface area contributed by atoms with Gasteiger partial charge in [-0.1, -0.05) is 6.07 Å². The minimum Gasteiger partial charge on any atom is -0.481 e. The molecule has 1 heterocycles. The molecule has 104 valence electrons. The Morgan fingerprint density at radius 2 is 2.11 bits per heavy atom. The lowest BCUT2D eigenvalue weighted by molar-refractivity contribution is -0.138. The quantitative estimate of drug-likeness (QED) is 0.720. The molecule has 1 aromatic rings. The molecule has 0 aromatic carbocycles. The molecule has 3 N–H and O–H groups in total. The van der Waals surface area contributed by atoms with Gasteiger partial charge in [0, 0.05) is 30.4 Å². The van der Waals surface area contributed by atoms with E-state index in [-0.39, 0.29) is 12.5 Å². The van der Waals surface area contributed by atoms with E-state index in [0.717, 1.165) is 5.69 Å². The second-order valence-corrected chi connectivity index (χ2v) is 4.91. The van der Waals surface area contributed by atoms with Crippen LogP contribution >= 0.6 is 0 Å². The number of hydrogen-bond acceptors (Lipinski definition) is 3. The van der Waals surface area contributed by atoms with Gasteiger partial charge in [-0.15, -0.1) is 0 Å². The van der Waals surface area contributed by atoms with Gasteiger partial charge in [0.25, 0.3) is 0 Å². The normalized spacial score (nSPS) is 10.8. The van der Waals surface area contributed by atoms with E-state index in [1.54, 1.807) is 20.0 Å². The molecule has 0 saturated heterocycles. The monoisotopic (exact) mass is 265 g/mol. The van der Waals surface area contributed by atoms with Gasteiger partial charge in [-0.05, 0) is 26.0 Å². The number of carbonyl (C=O) groups excluding carboxylic acids is 1. The van der Waals surface area contributed by atoms with Crippen LogP contribution in [0.15, 0.2) is 24.4 Å². The third-order valence-corrected chi connectivity index (χ3v) is 2.44. The number of nitrogens with zero attached hydrogens (tertiary/aromatic N) is 1. The first-order valence-electron chi connectivity index (χ1n) is 6.07. The average molecular weight is 265 g/mol. The third-order valence-electron chi connectivity index (χ3n) is 2.44. The van der Waals surface area contributed by atoms with Gasteiger partial charge in [0.05, 0.1) is 6.42 Å². The number of aromatic nitrogens is 1. The van der Waals surface area contributed by atoms with Crippen LogP contribution < -0.4 is 10.6 Å². The van der Waals surface area contributed by atoms with Crippen molar-refractivity contribution >= 4 is 12.0 Å². The Labute approximate surface area is 112 Å². The van der Waals surface area contributed by atoms with Crippen LogP contribution in [0.5, 0.6) is 0 Å². The lowest BCUT2D eigenvalue weighted by atomic mass is 10.0. The Kier molecular flexibility index (Phi) is 5.29. The molecule has 0 unspecified atom stereocenters. The Morgan fingerprint density at radius 3 is 2.68 bits per heavy atom. The first-order valence-corrected chi connectivity index (χ1v) is 6.07. The van der Waals surface area contributed by atoms with Gasteiger partial charge in [0.1, 0.15) is 0 Å². The molecule has 0 saturated carbocycles. The minimum atomic E-state index is -0.946. The zero-order valence-electron chi connectivity index (χ0n) is 11.1. The number of pyridine rings is 1. The number of hydrogen-bond donors (Lipinski definition) is 3. The van der Waals surface area contributed by atoms with Crippen molar-refractivity contribution in [1.82, 2.24) is 15.6 Å². The van der Waals surface area contributed by atoms with E-state index in [9.17, 15) is 9.59 Å². The molecule has 0 spiro atoms. The van der Waals surface area contributed by atoms with Crippen molar-refractivity contribution in [3.63, 3.8) is 0 Å². The lowest BCUT2D eigenvalue weighted by Crippen LogP contribution is -2.49. The molecule has 19 heavy (non-hydrogen) atoms. The fourth-order valence-corrected chi connectivity index (χ4v) is 1.62. The molecule has 0 radical (unpaired) electrons. The first-order chi connectivity index (χ1) is 8.89. The van der Waals surface area contributed by atoms with Gasteiger partial charge in [0.15, 0.2) is 0 Å². The molecule has 0 aliphatic rings. The van der Waals surface area contributed by atoms with E-state index in [4.69, 9.17) is 5.11 Å². The van der Waals surface area contributed by atoms with Gasteiger partial charge in [-0.25, -0.2) is 4.79 Å². The van der Waals surface area contributed by atoms with E-state index in [2.05, 4.69) is 15.6 Å². The summed E-state index contributed by atoms with van der Waals surface area (Å²) in [5, 5.41) is 14.0. The van der Waals surface area contributed by atoms with Crippen LogP contribution in [-0.4, -0.2) is 34.2 Å². The predicted molar refractivity (Wildman–Crippen MR) is 70.8 cm³/mol. The first kappa shape index (κ1) is 14.9. The summed E-state index contributed by atoms with van der Waals surface area (Å²) in [6.07, 6.45) is 2.21. The standard InChI is InChI=1S/C13H19N3O3/c1-13(2,9-11(17)18)16-12(19)15-8-6-10-5-3-4-7-14-10/h3-5,7H,6,8-9H2,1-2H3,(H,17,18)(H2,15,16,19). The van der Waals surface area contributed by atoms with E-state index < -0.39 is 11.5 Å². The Morgan fingerprint density at radius 1 is 1.37 bits per heavy atom. The van der Waals surface area contributed by atoms with Crippen LogP contribution in [0.25, 0.3) is 0 Å². The van der Waals surface area contributed by atoms with Crippen molar-refractivity contribution in [1.29, 1.82) is 0 Å². The van der Waals surface area contributed by atoms with Gasteiger partial charge >= 0.3 is 12.0 Å². The summed E-state index contributed by atoms with van der Waals surface area (Å²) in [7, 11) is 0. The lowest BCUT2D eigenvalue weighted by Gasteiger charge is -2.24. The van der Waals surface area contributed by atoms with E-state index >= 15 is 0 Å². The zero-order valence-corrected chi connectivity index (χ0v) is 11.1. The molecule has 0 aliphatic carbocycles. The molecular formula is C13H19N3O3. The highest BCUT2D eigenvalue weighted by Gasteiger charge is 2.23. The van der Waals surface area contributed by atoms with Crippen molar-refractivity contribution in [2.24, 2.45) is 0 Å². The molecule has 2 amide bonds. The second-order valence-electron chi connectivity index (χ2n) is 4.91. The number of carboxylic acids is 1. The smallest absolute Gasteiger partial charge is 0.315 e. The average Bonchev–Trinajstić information content (AvgIpc) is 2.27. The van der Waals surface area contributed by atoms with Gasteiger partial charge in [-0.3, -0.25) is 9.78 Å². The molecule has 6 nitrogen and oxygen atoms in total. The van der Waals surface area contributed by atoms with Crippen LogP contribution in [-0.2, 0) is 11.2 Å². The summed E-state index contributed by atoms with van der Waals surface area (Å²) in [5.74, 6) is -0.946. The van der Waals surface area contributed by atoms with Crippen LogP contribution in [0.1, 0.15) is 26.0 Å². The molecular weight excluding hydrogens is 246 g/mol. The van der Waals surface area contributed by atoms with Gasteiger partial charge < -0.3 is 15.7 Å². The van der Waals surface area contributed by atoms with Crippen LogP contribution in [0.2, 0.25) is 0 Å². The summed E-state index contributed by atoms with van der Waals surface area (Å²) in [6.45, 7) is 3.78. The number of rotatable bonds is 6. The van der Waals surface area contributed by atoms with Gasteiger partial charge in [0.2, 0.25) is 0 Å². The summed E-state index contributed by atoms with van der Waals surface area (Å²) in [4.78, 5) is 26.4. The molecule has 0 aliphatic heterocycles. The van der Waals surface area contributed by atoms with Crippen LogP contribution in [0.3, 0.4) is 0 Å². The Hall–Kier alpha value is -2.11. The number of aliphatic carboxylic acids is 1. The fraction of sp³-hybridized carbons (Fsp3) is 0.462. The van der Waals surface area contributed by atoms with Crippen LogP contribution in [0, 0.1) is 0 Å². The zero-order chi connectivity index (χ0) is 14.3. The van der Waals surface area contributed by atoms with E-state index in [1.807, 2.05) is 18.2 Å². The SMILES string of the molecule is CC(C)(CC(=O)O)NC(=O)NCCc1ccccn1. The number of nitrogens with one attached hydrogen (secondary N) is 2. The minimum absolute atomic E-state index is 0.124. The molecule has 0 atom stereocenters. The highest BCUT2D eigenvalue weighted by Crippen LogP contribution is 2.07. The highest BCUT2D eigenvalue weighted by molar-refractivity contribution is 5.76. The maximum Gasteiger partial charge on any atom is 0.315 e. The molecule has 0 fully saturated rings. The van der Waals surface area contributed by atoms with Crippen molar-refractivity contribution in [2.45, 2.75) is 32.2 Å². The number of amides is 2. The Balaban J connectivity index is 2.30. The number of carbonyl (C=O) groups is 2. The molecule has 1 aromatic heterocycles. The van der Waals surface area contributed by atoms with Gasteiger partial charge in [-0.2, -0.15) is 0 Å². The Bertz CT molecular complexity index is 432. The van der Waals surface area contributed by atoms with E-state index in [0.29, 0.717) is 13.0 Å². The fourth-order valence-electron chi connectivity index (χ4n) is 1.62. The van der Waals surface area contributed by atoms with Crippen molar-refractivity contribution in [3.8, 4) is 0 Å². The van der Waals surface area contributed by atoms with Crippen molar-refractivity contribution < 1.29 is 14.7 Å². The maximum atomic E-state index is 11.6.